The third-order valence-electron chi connectivity index (χ3n) is 4.88. The van der Waals surface area contributed by atoms with Gasteiger partial charge in [-0.2, -0.15) is 0 Å². The number of aryl methyl sites for hydroxylation is 2. The topological polar surface area (TPSA) is 32.3 Å². The lowest BCUT2D eigenvalue weighted by Gasteiger charge is -2.32. The van der Waals surface area contributed by atoms with Crippen LogP contribution in [0, 0.1) is 19.8 Å². The van der Waals surface area contributed by atoms with E-state index in [2.05, 4.69) is 28.4 Å². The van der Waals surface area contributed by atoms with Crippen molar-refractivity contribution in [2.45, 2.75) is 33.2 Å². The Morgan fingerprint density at radius 3 is 2.84 bits per heavy atom. The van der Waals surface area contributed by atoms with Crippen LogP contribution in [-0.2, 0) is 11.3 Å². The molecule has 1 aliphatic rings. The van der Waals surface area contributed by atoms with Crippen molar-refractivity contribution >= 4 is 23.2 Å². The molecule has 1 heterocycles. The number of hydrogen-bond donors (Lipinski definition) is 1. The van der Waals surface area contributed by atoms with Gasteiger partial charge in [0.1, 0.15) is 0 Å². The SMILES string of the molecule is Cc1ccc(C)c(NC(=O)[C@@H]2CCCN(Cc3ccccc3Cl)C2)c1. The number of nitrogens with one attached hydrogen (secondary N) is 1. The van der Waals surface area contributed by atoms with Crippen LogP contribution in [0.3, 0.4) is 0 Å². The molecule has 25 heavy (non-hydrogen) atoms. The molecule has 1 N–H and O–H groups in total. The van der Waals surface area contributed by atoms with Crippen LogP contribution in [0.4, 0.5) is 5.69 Å². The van der Waals surface area contributed by atoms with Crippen molar-refractivity contribution in [3.8, 4) is 0 Å². The number of halogens is 1. The number of hydrogen-bond acceptors (Lipinski definition) is 2. The van der Waals surface area contributed by atoms with E-state index in [0.29, 0.717) is 0 Å². The molecule has 2 aromatic carbocycles. The first-order valence-electron chi connectivity index (χ1n) is 8.87. The number of carbonyl (C=O) groups is 1. The Labute approximate surface area is 155 Å². The van der Waals surface area contributed by atoms with Gasteiger partial charge in [0.25, 0.3) is 0 Å². The molecule has 0 radical (unpaired) electrons. The maximum atomic E-state index is 12.7. The molecule has 0 unspecified atom stereocenters. The van der Waals surface area contributed by atoms with Gasteiger partial charge in [0.05, 0.1) is 5.92 Å². The van der Waals surface area contributed by atoms with Crippen molar-refractivity contribution in [1.82, 2.24) is 4.90 Å². The molecule has 3 rings (SSSR count). The lowest BCUT2D eigenvalue weighted by molar-refractivity contribution is -0.121. The molecule has 1 atom stereocenters. The number of piperidine rings is 1. The summed E-state index contributed by atoms with van der Waals surface area (Å²) in [6.45, 7) is 6.66. The van der Waals surface area contributed by atoms with Crippen molar-refractivity contribution in [3.63, 3.8) is 0 Å². The first-order chi connectivity index (χ1) is 12.0. The Bertz CT molecular complexity index is 759. The minimum absolute atomic E-state index is 0.0242. The van der Waals surface area contributed by atoms with Crippen molar-refractivity contribution in [2.75, 3.05) is 18.4 Å². The molecule has 0 bridgehead atoms. The van der Waals surface area contributed by atoms with E-state index in [0.717, 1.165) is 59.9 Å². The number of amides is 1. The third-order valence-corrected chi connectivity index (χ3v) is 5.25. The standard InChI is InChI=1S/C21H25ClN2O/c1-15-9-10-16(2)20(12-15)23-21(25)18-7-5-11-24(14-18)13-17-6-3-4-8-19(17)22/h3-4,6,8-10,12,18H,5,7,11,13-14H2,1-2H3,(H,23,25)/t18-/m1/s1. The zero-order valence-corrected chi connectivity index (χ0v) is 15.6. The summed E-state index contributed by atoms with van der Waals surface area (Å²) in [5.74, 6) is 0.147. The second kappa shape index (κ2) is 8.03. The smallest absolute Gasteiger partial charge is 0.228 e. The molecule has 0 aliphatic carbocycles. The number of likely N-dealkylation sites (tertiary alicyclic amines) is 1. The zero-order valence-electron chi connectivity index (χ0n) is 14.9. The summed E-state index contributed by atoms with van der Waals surface area (Å²) >= 11 is 6.28. The number of nitrogens with zero attached hydrogens (tertiary/aromatic N) is 1. The summed E-state index contributed by atoms with van der Waals surface area (Å²) in [6, 6.07) is 14.1. The first kappa shape index (κ1) is 18.0. The predicted molar refractivity (Wildman–Crippen MR) is 104 cm³/mol. The predicted octanol–water partition coefficient (Wildman–Crippen LogP) is 4.81. The van der Waals surface area contributed by atoms with E-state index < -0.39 is 0 Å². The van der Waals surface area contributed by atoms with Crippen LogP contribution in [0.15, 0.2) is 42.5 Å². The molecule has 4 heteroatoms. The highest BCUT2D eigenvalue weighted by Gasteiger charge is 2.26. The van der Waals surface area contributed by atoms with Crippen LogP contribution in [0.5, 0.6) is 0 Å². The van der Waals surface area contributed by atoms with Crippen LogP contribution >= 0.6 is 11.6 Å². The van der Waals surface area contributed by atoms with Crippen LogP contribution < -0.4 is 5.32 Å². The maximum Gasteiger partial charge on any atom is 0.228 e. The third kappa shape index (κ3) is 4.62. The van der Waals surface area contributed by atoms with Crippen LogP contribution in [0.25, 0.3) is 0 Å². The Morgan fingerprint density at radius 2 is 2.04 bits per heavy atom. The van der Waals surface area contributed by atoms with E-state index in [1.165, 1.54) is 0 Å². The van der Waals surface area contributed by atoms with Crippen LogP contribution in [-0.4, -0.2) is 23.9 Å². The van der Waals surface area contributed by atoms with Crippen LogP contribution in [0.1, 0.15) is 29.5 Å². The van der Waals surface area contributed by atoms with E-state index in [4.69, 9.17) is 11.6 Å². The first-order valence-corrected chi connectivity index (χ1v) is 9.24. The largest absolute Gasteiger partial charge is 0.326 e. The molecule has 3 nitrogen and oxygen atoms in total. The van der Waals surface area contributed by atoms with E-state index >= 15 is 0 Å². The summed E-state index contributed by atoms with van der Waals surface area (Å²) in [5.41, 5.74) is 4.31. The average molecular weight is 357 g/mol. The van der Waals surface area contributed by atoms with Gasteiger partial charge in [-0.25, -0.2) is 0 Å². The van der Waals surface area contributed by atoms with Crippen molar-refractivity contribution < 1.29 is 4.79 Å². The Morgan fingerprint density at radius 1 is 1.24 bits per heavy atom. The highest BCUT2D eigenvalue weighted by molar-refractivity contribution is 6.31. The normalized spacial score (nSPS) is 18.1. The molecule has 132 valence electrons. The average Bonchev–Trinajstić information content (AvgIpc) is 2.60. The monoisotopic (exact) mass is 356 g/mol. The Hall–Kier alpha value is -1.84. The molecule has 0 aromatic heterocycles. The minimum Gasteiger partial charge on any atom is -0.326 e. The molecule has 0 spiro atoms. The van der Waals surface area contributed by atoms with Gasteiger partial charge in [-0.3, -0.25) is 9.69 Å². The lowest BCUT2D eigenvalue weighted by atomic mass is 9.96. The summed E-state index contributed by atoms with van der Waals surface area (Å²) in [7, 11) is 0. The molecule has 1 amide bonds. The Balaban J connectivity index is 1.63. The second-order valence-electron chi connectivity index (χ2n) is 6.97. The number of benzene rings is 2. The molecular formula is C21H25ClN2O. The fourth-order valence-electron chi connectivity index (χ4n) is 3.39. The molecule has 0 saturated carbocycles. The van der Waals surface area contributed by atoms with E-state index in [1.807, 2.05) is 38.1 Å². The molecule has 1 aliphatic heterocycles. The summed E-state index contributed by atoms with van der Waals surface area (Å²) < 4.78 is 0. The van der Waals surface area contributed by atoms with E-state index in [1.54, 1.807) is 0 Å². The quantitative estimate of drug-likeness (QED) is 0.852. The van der Waals surface area contributed by atoms with Crippen LogP contribution in [0.2, 0.25) is 5.02 Å². The van der Waals surface area contributed by atoms with Gasteiger partial charge in [-0.1, -0.05) is 41.9 Å². The molecule has 2 aromatic rings. The second-order valence-corrected chi connectivity index (χ2v) is 7.38. The minimum atomic E-state index is 0.0242. The van der Waals surface area contributed by atoms with E-state index in [-0.39, 0.29) is 11.8 Å². The molecular weight excluding hydrogens is 332 g/mol. The number of rotatable bonds is 4. The summed E-state index contributed by atoms with van der Waals surface area (Å²) in [5, 5.41) is 3.92. The highest BCUT2D eigenvalue weighted by Crippen LogP contribution is 2.24. The Kier molecular flexibility index (Phi) is 5.77. The van der Waals surface area contributed by atoms with Gasteiger partial charge in [-0.15, -0.1) is 0 Å². The number of carbonyl (C=O) groups excluding carboxylic acids is 1. The maximum absolute atomic E-state index is 12.7. The zero-order chi connectivity index (χ0) is 17.8. The van der Waals surface area contributed by atoms with Crippen molar-refractivity contribution in [3.05, 3.63) is 64.2 Å². The highest BCUT2D eigenvalue weighted by atomic mass is 35.5. The fourth-order valence-corrected chi connectivity index (χ4v) is 3.58. The fraction of sp³-hybridized carbons (Fsp3) is 0.381. The summed E-state index contributed by atoms with van der Waals surface area (Å²) in [4.78, 5) is 15.1. The van der Waals surface area contributed by atoms with E-state index in [9.17, 15) is 4.79 Å². The summed E-state index contributed by atoms with van der Waals surface area (Å²) in [6.07, 6.45) is 1.98. The number of anilines is 1. The van der Waals surface area contributed by atoms with Gasteiger partial charge < -0.3 is 5.32 Å². The molecule has 1 saturated heterocycles. The van der Waals surface area contributed by atoms with Crippen molar-refractivity contribution in [1.29, 1.82) is 0 Å². The molecule has 1 fully saturated rings. The lowest BCUT2D eigenvalue weighted by Crippen LogP contribution is -2.40. The van der Waals surface area contributed by atoms with Gasteiger partial charge in [0.2, 0.25) is 5.91 Å². The van der Waals surface area contributed by atoms with Gasteiger partial charge in [-0.05, 0) is 62.1 Å². The van der Waals surface area contributed by atoms with Gasteiger partial charge >= 0.3 is 0 Å². The van der Waals surface area contributed by atoms with Crippen molar-refractivity contribution in [2.24, 2.45) is 5.92 Å². The van der Waals surface area contributed by atoms with Gasteiger partial charge in [0, 0.05) is 23.8 Å². The van der Waals surface area contributed by atoms with Gasteiger partial charge in [0.15, 0.2) is 0 Å².